The molecule has 0 atom stereocenters. The number of hydrogen-bond donors (Lipinski definition) is 2. The summed E-state index contributed by atoms with van der Waals surface area (Å²) in [4.78, 5) is 11.8. The Labute approximate surface area is 94.2 Å². The molecule has 4 heteroatoms. The lowest BCUT2D eigenvalue weighted by Gasteiger charge is -2.38. The van der Waals surface area contributed by atoms with Gasteiger partial charge in [-0.15, -0.1) is 0 Å². The molecule has 1 aliphatic heterocycles. The lowest BCUT2D eigenvalue weighted by atomic mass is 9.86. The number of aliphatic hydroxyl groups is 1. The minimum Gasteiger partial charge on any atom is -0.395 e. The molecule has 0 saturated carbocycles. The van der Waals surface area contributed by atoms with Crippen LogP contribution in [0.5, 0.6) is 0 Å². The molecule has 16 heavy (non-hydrogen) atoms. The van der Waals surface area contributed by atoms with Crippen molar-refractivity contribution in [3.05, 3.63) is 35.9 Å². The highest BCUT2D eigenvalue weighted by molar-refractivity contribution is 5.83. The average molecular weight is 221 g/mol. The van der Waals surface area contributed by atoms with Crippen LogP contribution in [0, 0.1) is 5.41 Å². The Bertz CT molecular complexity index is 354. The Morgan fingerprint density at radius 1 is 1.38 bits per heavy atom. The number of carbonyl (C=O) groups is 1. The second kappa shape index (κ2) is 4.63. The SMILES string of the molecule is O=C(NCc1ccccc1)C1(CO)COC1. The van der Waals surface area contributed by atoms with Crippen molar-refractivity contribution in [3.63, 3.8) is 0 Å². The van der Waals surface area contributed by atoms with Gasteiger partial charge >= 0.3 is 0 Å². The van der Waals surface area contributed by atoms with Crippen molar-refractivity contribution in [2.45, 2.75) is 6.54 Å². The Balaban J connectivity index is 1.89. The molecule has 1 saturated heterocycles. The third-order valence-corrected chi connectivity index (χ3v) is 2.84. The Kier molecular flexibility index (Phi) is 3.22. The van der Waals surface area contributed by atoms with Gasteiger partial charge in [0, 0.05) is 6.54 Å². The first-order valence-corrected chi connectivity index (χ1v) is 5.28. The highest BCUT2D eigenvalue weighted by Crippen LogP contribution is 2.26. The third kappa shape index (κ3) is 2.08. The molecule has 86 valence electrons. The maximum Gasteiger partial charge on any atom is 0.233 e. The first-order valence-electron chi connectivity index (χ1n) is 5.28. The van der Waals surface area contributed by atoms with Crippen LogP contribution in [0.2, 0.25) is 0 Å². The van der Waals surface area contributed by atoms with Crippen LogP contribution in [0.4, 0.5) is 0 Å². The van der Waals surface area contributed by atoms with Gasteiger partial charge in [0.05, 0.1) is 19.8 Å². The van der Waals surface area contributed by atoms with Crippen LogP contribution < -0.4 is 5.32 Å². The second-order valence-corrected chi connectivity index (χ2v) is 4.10. The van der Waals surface area contributed by atoms with E-state index >= 15 is 0 Å². The molecule has 1 aromatic carbocycles. The largest absolute Gasteiger partial charge is 0.395 e. The molecular weight excluding hydrogens is 206 g/mol. The molecule has 1 fully saturated rings. The van der Waals surface area contributed by atoms with E-state index in [1.165, 1.54) is 0 Å². The molecule has 1 aromatic rings. The number of rotatable bonds is 4. The van der Waals surface area contributed by atoms with E-state index in [1.807, 2.05) is 30.3 Å². The lowest BCUT2D eigenvalue weighted by Crippen LogP contribution is -2.56. The second-order valence-electron chi connectivity index (χ2n) is 4.10. The Hall–Kier alpha value is -1.39. The van der Waals surface area contributed by atoms with Crippen LogP contribution in [0.3, 0.4) is 0 Å². The number of ether oxygens (including phenoxy) is 1. The minimum absolute atomic E-state index is 0.134. The number of aliphatic hydroxyl groups excluding tert-OH is 1. The fraction of sp³-hybridized carbons (Fsp3) is 0.417. The van der Waals surface area contributed by atoms with E-state index in [1.54, 1.807) is 0 Å². The van der Waals surface area contributed by atoms with E-state index in [4.69, 9.17) is 9.84 Å². The zero-order valence-corrected chi connectivity index (χ0v) is 8.98. The van der Waals surface area contributed by atoms with E-state index in [0.29, 0.717) is 19.8 Å². The van der Waals surface area contributed by atoms with Crippen molar-refractivity contribution >= 4 is 5.91 Å². The quantitative estimate of drug-likeness (QED) is 0.769. The van der Waals surface area contributed by atoms with Crippen molar-refractivity contribution in [2.75, 3.05) is 19.8 Å². The maximum atomic E-state index is 11.8. The van der Waals surface area contributed by atoms with E-state index in [9.17, 15) is 4.79 Å². The average Bonchev–Trinajstić information content (AvgIpc) is 2.27. The first kappa shape index (κ1) is 11.1. The van der Waals surface area contributed by atoms with Crippen molar-refractivity contribution < 1.29 is 14.6 Å². The molecule has 1 heterocycles. The molecule has 0 bridgehead atoms. The van der Waals surface area contributed by atoms with Gasteiger partial charge in [0.2, 0.25) is 5.91 Å². The molecule has 0 aromatic heterocycles. The first-order chi connectivity index (χ1) is 7.77. The lowest BCUT2D eigenvalue weighted by molar-refractivity contribution is -0.170. The summed E-state index contributed by atoms with van der Waals surface area (Å²) in [5.41, 5.74) is 0.332. The summed E-state index contributed by atoms with van der Waals surface area (Å²) in [6.45, 7) is 0.948. The van der Waals surface area contributed by atoms with Crippen LogP contribution >= 0.6 is 0 Å². The van der Waals surface area contributed by atoms with E-state index in [2.05, 4.69) is 5.32 Å². The number of nitrogens with one attached hydrogen (secondary N) is 1. The van der Waals surface area contributed by atoms with Crippen LogP contribution in [0.1, 0.15) is 5.56 Å². The summed E-state index contributed by atoms with van der Waals surface area (Å²) in [5.74, 6) is -0.134. The highest BCUT2D eigenvalue weighted by atomic mass is 16.5. The van der Waals surface area contributed by atoms with Crippen LogP contribution in [0.25, 0.3) is 0 Å². The molecule has 0 spiro atoms. The molecule has 4 nitrogen and oxygen atoms in total. The summed E-state index contributed by atoms with van der Waals surface area (Å²) in [5, 5.41) is 12.0. The van der Waals surface area contributed by atoms with Gasteiger partial charge in [-0.25, -0.2) is 0 Å². The van der Waals surface area contributed by atoms with Gasteiger partial charge < -0.3 is 15.2 Å². The molecule has 0 radical (unpaired) electrons. The fourth-order valence-electron chi connectivity index (χ4n) is 1.61. The van der Waals surface area contributed by atoms with Crippen LogP contribution in [0.15, 0.2) is 30.3 Å². The monoisotopic (exact) mass is 221 g/mol. The van der Waals surface area contributed by atoms with Gasteiger partial charge in [-0.3, -0.25) is 4.79 Å². The summed E-state index contributed by atoms with van der Waals surface area (Å²) in [6, 6.07) is 9.68. The number of hydrogen-bond acceptors (Lipinski definition) is 3. The van der Waals surface area contributed by atoms with E-state index in [-0.39, 0.29) is 12.5 Å². The van der Waals surface area contributed by atoms with Gasteiger partial charge in [-0.1, -0.05) is 30.3 Å². The van der Waals surface area contributed by atoms with E-state index in [0.717, 1.165) is 5.56 Å². The minimum atomic E-state index is -0.714. The summed E-state index contributed by atoms with van der Waals surface area (Å²) in [6.07, 6.45) is 0. The zero-order valence-electron chi connectivity index (χ0n) is 8.98. The summed E-state index contributed by atoms with van der Waals surface area (Å²) < 4.78 is 4.98. The molecule has 2 N–H and O–H groups in total. The molecule has 1 aliphatic rings. The number of benzene rings is 1. The van der Waals surface area contributed by atoms with Crippen molar-refractivity contribution in [2.24, 2.45) is 5.41 Å². The van der Waals surface area contributed by atoms with Crippen molar-refractivity contribution in [1.29, 1.82) is 0 Å². The Morgan fingerprint density at radius 2 is 2.06 bits per heavy atom. The molecule has 2 rings (SSSR count). The zero-order chi connectivity index (χ0) is 11.4. The highest BCUT2D eigenvalue weighted by Gasteiger charge is 2.45. The smallest absolute Gasteiger partial charge is 0.233 e. The fourth-order valence-corrected chi connectivity index (χ4v) is 1.61. The molecular formula is C12H15NO3. The molecule has 0 unspecified atom stereocenters. The van der Waals surface area contributed by atoms with Crippen molar-refractivity contribution in [3.8, 4) is 0 Å². The summed E-state index contributed by atoms with van der Waals surface area (Å²) >= 11 is 0. The maximum absolute atomic E-state index is 11.8. The normalized spacial score (nSPS) is 17.6. The molecule has 0 aliphatic carbocycles. The van der Waals surface area contributed by atoms with Crippen molar-refractivity contribution in [1.82, 2.24) is 5.32 Å². The van der Waals surface area contributed by atoms with Gasteiger partial charge in [0.1, 0.15) is 5.41 Å². The number of carbonyl (C=O) groups excluding carboxylic acids is 1. The van der Waals surface area contributed by atoms with Gasteiger partial charge in [-0.05, 0) is 5.56 Å². The van der Waals surface area contributed by atoms with Crippen LogP contribution in [-0.4, -0.2) is 30.8 Å². The van der Waals surface area contributed by atoms with Gasteiger partial charge in [0.15, 0.2) is 0 Å². The standard InChI is InChI=1S/C12H15NO3/c14-7-12(8-16-9-12)11(15)13-6-10-4-2-1-3-5-10/h1-5,14H,6-9H2,(H,13,15). The third-order valence-electron chi connectivity index (χ3n) is 2.84. The van der Waals surface area contributed by atoms with Crippen LogP contribution in [-0.2, 0) is 16.1 Å². The van der Waals surface area contributed by atoms with Gasteiger partial charge in [0.25, 0.3) is 0 Å². The van der Waals surface area contributed by atoms with Gasteiger partial charge in [-0.2, -0.15) is 0 Å². The Morgan fingerprint density at radius 3 is 2.56 bits per heavy atom. The number of amides is 1. The molecule has 1 amide bonds. The predicted molar refractivity (Wildman–Crippen MR) is 58.6 cm³/mol. The predicted octanol–water partition coefficient (Wildman–Crippen LogP) is 0.312. The summed E-state index contributed by atoms with van der Waals surface area (Å²) in [7, 11) is 0. The topological polar surface area (TPSA) is 58.6 Å². The van der Waals surface area contributed by atoms with E-state index < -0.39 is 5.41 Å².